The molecule has 0 fully saturated rings. The normalized spacial score (nSPS) is 11.6. The molecule has 3 nitrogen and oxygen atoms in total. The quantitative estimate of drug-likeness (QED) is 0.710. The maximum absolute atomic E-state index is 12.3. The topological polar surface area (TPSA) is 46.2 Å². The second kappa shape index (κ2) is 7.20. The lowest BCUT2D eigenvalue weighted by molar-refractivity contribution is 0.601. The fourth-order valence-corrected chi connectivity index (χ4v) is 5.11. The van der Waals surface area contributed by atoms with Crippen LogP contribution in [0.2, 0.25) is 8.67 Å². The molecule has 0 aliphatic rings. The summed E-state index contributed by atoms with van der Waals surface area (Å²) in [5, 5.41) is 0. The summed E-state index contributed by atoms with van der Waals surface area (Å²) < 4.78 is 27.6. The van der Waals surface area contributed by atoms with Crippen LogP contribution >= 0.6 is 46.1 Å². The maximum atomic E-state index is 12.3. The number of benzene rings is 1. The van der Waals surface area contributed by atoms with Gasteiger partial charge in [0.2, 0.25) is 0 Å². The first kappa shape index (κ1) is 16.9. The lowest BCUT2D eigenvalue weighted by Crippen LogP contribution is -2.12. The summed E-state index contributed by atoms with van der Waals surface area (Å²) in [6.07, 6.45) is 1.63. The van der Waals surface area contributed by atoms with Gasteiger partial charge in [0.25, 0.3) is 10.0 Å². The number of rotatable bonds is 6. The van der Waals surface area contributed by atoms with Gasteiger partial charge in [-0.15, -0.1) is 22.9 Å². The standard InChI is InChI=1S/C13H12Cl3NO2S2/c14-6-2-4-9-3-1-5-10(7-9)17-21(18,19)11-8-12(15)20-13(11)16/h1,3,5,7-8,17H,2,4,6H2. The molecule has 2 rings (SSSR count). The van der Waals surface area contributed by atoms with E-state index in [1.54, 1.807) is 18.2 Å². The van der Waals surface area contributed by atoms with Gasteiger partial charge in [-0.25, -0.2) is 8.42 Å². The van der Waals surface area contributed by atoms with E-state index in [-0.39, 0.29) is 9.23 Å². The highest BCUT2D eigenvalue weighted by Gasteiger charge is 2.21. The number of nitrogens with one attached hydrogen (secondary N) is 1. The fraction of sp³-hybridized carbons (Fsp3) is 0.231. The van der Waals surface area contributed by atoms with Gasteiger partial charge in [0, 0.05) is 11.6 Å². The Balaban J connectivity index is 2.22. The zero-order chi connectivity index (χ0) is 15.5. The van der Waals surface area contributed by atoms with E-state index in [1.165, 1.54) is 6.07 Å². The Morgan fingerprint density at radius 2 is 1.95 bits per heavy atom. The van der Waals surface area contributed by atoms with Crippen LogP contribution in [0.15, 0.2) is 35.2 Å². The van der Waals surface area contributed by atoms with Gasteiger partial charge in [-0.3, -0.25) is 4.72 Å². The van der Waals surface area contributed by atoms with E-state index in [1.807, 2.05) is 6.07 Å². The van der Waals surface area contributed by atoms with Gasteiger partial charge >= 0.3 is 0 Å². The average molecular weight is 385 g/mol. The van der Waals surface area contributed by atoms with E-state index < -0.39 is 10.0 Å². The lowest BCUT2D eigenvalue weighted by atomic mass is 10.1. The van der Waals surface area contributed by atoms with Crippen LogP contribution in [0.3, 0.4) is 0 Å². The summed E-state index contributed by atoms with van der Waals surface area (Å²) >= 11 is 18.4. The highest BCUT2D eigenvalue weighted by Crippen LogP contribution is 2.35. The Kier molecular flexibility index (Phi) is 5.80. The number of anilines is 1. The van der Waals surface area contributed by atoms with Crippen LogP contribution in [-0.2, 0) is 16.4 Å². The minimum Gasteiger partial charge on any atom is -0.280 e. The van der Waals surface area contributed by atoms with E-state index in [0.717, 1.165) is 29.7 Å². The molecule has 0 spiro atoms. The van der Waals surface area contributed by atoms with Crippen LogP contribution in [0.1, 0.15) is 12.0 Å². The van der Waals surface area contributed by atoms with Crippen LogP contribution in [0, 0.1) is 0 Å². The van der Waals surface area contributed by atoms with Crippen molar-refractivity contribution in [2.24, 2.45) is 0 Å². The molecule has 0 aliphatic heterocycles. The first-order valence-electron chi connectivity index (χ1n) is 6.05. The highest BCUT2D eigenvalue weighted by atomic mass is 35.5. The van der Waals surface area contributed by atoms with Gasteiger partial charge in [0.1, 0.15) is 9.23 Å². The number of hydrogen-bond donors (Lipinski definition) is 1. The molecule has 0 bridgehead atoms. The van der Waals surface area contributed by atoms with Crippen LogP contribution < -0.4 is 4.72 Å². The SMILES string of the molecule is O=S(=O)(Nc1cccc(CCCCl)c1)c1cc(Cl)sc1Cl. The third-order valence-corrected chi connectivity index (χ3v) is 6.09. The van der Waals surface area contributed by atoms with Gasteiger partial charge in [0.15, 0.2) is 0 Å². The lowest BCUT2D eigenvalue weighted by Gasteiger charge is -2.08. The second-order valence-electron chi connectivity index (χ2n) is 4.29. The van der Waals surface area contributed by atoms with Crippen LogP contribution in [-0.4, -0.2) is 14.3 Å². The van der Waals surface area contributed by atoms with Crippen molar-refractivity contribution in [3.8, 4) is 0 Å². The van der Waals surface area contributed by atoms with Crippen molar-refractivity contribution in [1.82, 2.24) is 0 Å². The molecule has 0 saturated carbocycles. The minimum atomic E-state index is -3.74. The van der Waals surface area contributed by atoms with Crippen molar-refractivity contribution in [3.05, 3.63) is 44.6 Å². The Morgan fingerprint density at radius 3 is 2.57 bits per heavy atom. The summed E-state index contributed by atoms with van der Waals surface area (Å²) in [6.45, 7) is 0. The van der Waals surface area contributed by atoms with Crippen molar-refractivity contribution in [2.75, 3.05) is 10.6 Å². The number of sulfonamides is 1. The molecular weight excluding hydrogens is 373 g/mol. The monoisotopic (exact) mass is 383 g/mol. The summed E-state index contributed by atoms with van der Waals surface area (Å²) in [5.41, 5.74) is 1.51. The average Bonchev–Trinajstić information content (AvgIpc) is 2.76. The molecule has 8 heteroatoms. The number of aryl methyl sites for hydroxylation is 1. The molecule has 1 N–H and O–H groups in total. The maximum Gasteiger partial charge on any atom is 0.264 e. The van der Waals surface area contributed by atoms with Gasteiger partial charge in [-0.1, -0.05) is 35.3 Å². The van der Waals surface area contributed by atoms with Crippen molar-refractivity contribution in [2.45, 2.75) is 17.7 Å². The second-order valence-corrected chi connectivity index (χ2v) is 8.60. The first-order chi connectivity index (χ1) is 9.92. The van der Waals surface area contributed by atoms with Crippen molar-refractivity contribution in [1.29, 1.82) is 0 Å². The molecule has 0 radical (unpaired) electrons. The molecule has 0 saturated heterocycles. The third-order valence-electron chi connectivity index (χ3n) is 2.69. The van der Waals surface area contributed by atoms with E-state index in [4.69, 9.17) is 34.8 Å². The highest BCUT2D eigenvalue weighted by molar-refractivity contribution is 7.93. The molecule has 1 aromatic carbocycles. The Labute approximate surface area is 142 Å². The van der Waals surface area contributed by atoms with Crippen molar-refractivity contribution >= 4 is 61.9 Å². The predicted octanol–water partition coefficient (Wildman–Crippen LogP) is 5.03. The smallest absolute Gasteiger partial charge is 0.264 e. The Morgan fingerprint density at radius 1 is 1.19 bits per heavy atom. The largest absolute Gasteiger partial charge is 0.280 e. The molecule has 0 unspecified atom stereocenters. The molecule has 0 aliphatic carbocycles. The van der Waals surface area contributed by atoms with Gasteiger partial charge in [-0.2, -0.15) is 0 Å². The molecule has 0 amide bonds. The Bertz CT molecular complexity index is 729. The van der Waals surface area contributed by atoms with E-state index in [0.29, 0.717) is 15.9 Å². The molecular formula is C13H12Cl3NO2S2. The molecule has 2 aromatic rings. The van der Waals surface area contributed by atoms with E-state index in [2.05, 4.69) is 4.72 Å². The van der Waals surface area contributed by atoms with E-state index >= 15 is 0 Å². The third kappa shape index (κ3) is 4.50. The summed E-state index contributed by atoms with van der Waals surface area (Å²) in [7, 11) is -3.74. The summed E-state index contributed by atoms with van der Waals surface area (Å²) in [6, 6.07) is 8.53. The number of thiophene rings is 1. The molecule has 1 aromatic heterocycles. The molecule has 21 heavy (non-hydrogen) atoms. The summed E-state index contributed by atoms with van der Waals surface area (Å²) in [5.74, 6) is 0.568. The van der Waals surface area contributed by atoms with Crippen LogP contribution in [0.4, 0.5) is 5.69 Å². The van der Waals surface area contributed by atoms with Crippen LogP contribution in [0.25, 0.3) is 0 Å². The van der Waals surface area contributed by atoms with Crippen molar-refractivity contribution < 1.29 is 8.42 Å². The predicted molar refractivity (Wildman–Crippen MR) is 90.6 cm³/mol. The van der Waals surface area contributed by atoms with Gasteiger partial charge < -0.3 is 0 Å². The van der Waals surface area contributed by atoms with Crippen molar-refractivity contribution in [3.63, 3.8) is 0 Å². The number of hydrogen-bond acceptors (Lipinski definition) is 3. The minimum absolute atomic E-state index is 0.00896. The molecule has 1 heterocycles. The molecule has 114 valence electrons. The van der Waals surface area contributed by atoms with Crippen LogP contribution in [0.5, 0.6) is 0 Å². The zero-order valence-electron chi connectivity index (χ0n) is 10.8. The number of alkyl halides is 1. The Hall–Kier alpha value is -0.460. The van der Waals surface area contributed by atoms with E-state index in [9.17, 15) is 8.42 Å². The molecule has 0 atom stereocenters. The fourth-order valence-electron chi connectivity index (χ4n) is 1.78. The number of halogens is 3. The zero-order valence-corrected chi connectivity index (χ0v) is 14.7. The van der Waals surface area contributed by atoms with Gasteiger partial charge in [0.05, 0.1) is 4.34 Å². The first-order valence-corrected chi connectivity index (χ1v) is 9.64. The summed E-state index contributed by atoms with van der Waals surface area (Å²) in [4.78, 5) is -0.00896. The van der Waals surface area contributed by atoms with Gasteiger partial charge in [-0.05, 0) is 36.6 Å².